The Kier molecular flexibility index (Phi) is 4.06. The van der Waals surface area contributed by atoms with Crippen molar-refractivity contribution in [2.75, 3.05) is 12.3 Å². The number of aliphatic hydroxyl groups excluding tert-OH is 3. The van der Waals surface area contributed by atoms with E-state index in [0.29, 0.717) is 5.56 Å². The third kappa shape index (κ3) is 2.39. The van der Waals surface area contributed by atoms with Crippen LogP contribution >= 0.6 is 0 Å². The second-order valence-corrected chi connectivity index (χ2v) is 4.33. The van der Waals surface area contributed by atoms with Gasteiger partial charge in [0.25, 0.3) is 0 Å². The third-order valence-corrected chi connectivity index (χ3v) is 3.03. The predicted molar refractivity (Wildman–Crippen MR) is 68.5 cm³/mol. The van der Waals surface area contributed by atoms with Gasteiger partial charge in [-0.3, -0.25) is 4.57 Å². The van der Waals surface area contributed by atoms with E-state index in [9.17, 15) is 15.0 Å². The van der Waals surface area contributed by atoms with E-state index >= 15 is 0 Å². The number of nitrogens with two attached hydrogens (primary N) is 1. The van der Waals surface area contributed by atoms with Crippen LogP contribution in [0.5, 0.6) is 0 Å². The molecule has 1 saturated heterocycles. The SMILES string of the molecule is CC#Cc1cn(C2O[C@H](CO)[C@@H](O)[C@H]2O)c(=O)nc1N. The van der Waals surface area contributed by atoms with E-state index in [2.05, 4.69) is 16.8 Å². The topological polar surface area (TPSA) is 131 Å². The predicted octanol–water partition coefficient (Wildman–Crippen LogP) is -2.19. The molecular weight excluding hydrogens is 266 g/mol. The summed E-state index contributed by atoms with van der Waals surface area (Å²) < 4.78 is 6.26. The molecule has 1 unspecified atom stereocenters. The van der Waals surface area contributed by atoms with Crippen molar-refractivity contribution in [1.82, 2.24) is 9.55 Å². The Labute approximate surface area is 114 Å². The number of hydrogen-bond donors (Lipinski definition) is 4. The average Bonchev–Trinajstić information content (AvgIpc) is 2.70. The lowest BCUT2D eigenvalue weighted by atomic mass is 10.1. The zero-order valence-electron chi connectivity index (χ0n) is 10.7. The van der Waals surface area contributed by atoms with Gasteiger partial charge in [-0.2, -0.15) is 4.98 Å². The van der Waals surface area contributed by atoms with Gasteiger partial charge in [0.2, 0.25) is 0 Å². The molecule has 2 heterocycles. The summed E-state index contributed by atoms with van der Waals surface area (Å²) in [6.07, 6.45) is -3.48. The lowest BCUT2D eigenvalue weighted by molar-refractivity contribution is -0.0549. The first-order valence-corrected chi connectivity index (χ1v) is 5.93. The van der Waals surface area contributed by atoms with Crippen molar-refractivity contribution in [2.45, 2.75) is 31.5 Å². The molecule has 4 atom stereocenters. The standard InChI is InChI=1S/C12H15N3O5/c1-2-3-6-4-15(12(19)14-10(6)13)11-9(18)8(17)7(5-16)20-11/h4,7-9,11,16-18H,5H2,1H3,(H2,13,14,19)/t7-,8-,9-,11?/m1/s1. The van der Waals surface area contributed by atoms with Gasteiger partial charge in [-0.25, -0.2) is 4.79 Å². The van der Waals surface area contributed by atoms with Crippen LogP contribution in [0.3, 0.4) is 0 Å². The fourth-order valence-electron chi connectivity index (χ4n) is 2.00. The van der Waals surface area contributed by atoms with Crippen molar-refractivity contribution >= 4 is 5.82 Å². The summed E-state index contributed by atoms with van der Waals surface area (Å²) in [4.78, 5) is 15.4. The molecular formula is C12H15N3O5. The van der Waals surface area contributed by atoms with E-state index in [0.717, 1.165) is 4.57 Å². The summed E-state index contributed by atoms with van der Waals surface area (Å²) in [5.41, 5.74) is 5.14. The van der Waals surface area contributed by atoms with Gasteiger partial charge in [0.05, 0.1) is 12.2 Å². The maximum absolute atomic E-state index is 11.8. The average molecular weight is 281 g/mol. The Morgan fingerprint density at radius 2 is 2.20 bits per heavy atom. The van der Waals surface area contributed by atoms with Crippen LogP contribution in [0.2, 0.25) is 0 Å². The smallest absolute Gasteiger partial charge is 0.351 e. The highest BCUT2D eigenvalue weighted by molar-refractivity contribution is 5.48. The largest absolute Gasteiger partial charge is 0.394 e. The van der Waals surface area contributed by atoms with E-state index in [4.69, 9.17) is 15.6 Å². The van der Waals surface area contributed by atoms with Gasteiger partial charge < -0.3 is 25.8 Å². The first kappa shape index (κ1) is 14.5. The Hall–Kier alpha value is -1.92. The zero-order valence-corrected chi connectivity index (χ0v) is 10.7. The number of aromatic nitrogens is 2. The van der Waals surface area contributed by atoms with E-state index in [-0.39, 0.29) is 5.82 Å². The third-order valence-electron chi connectivity index (χ3n) is 3.03. The number of rotatable bonds is 2. The molecule has 1 aliphatic heterocycles. The van der Waals surface area contributed by atoms with Crippen LogP contribution in [0, 0.1) is 11.8 Å². The van der Waals surface area contributed by atoms with Gasteiger partial charge in [-0.05, 0) is 6.92 Å². The molecule has 0 amide bonds. The summed E-state index contributed by atoms with van der Waals surface area (Å²) in [6.45, 7) is 1.12. The normalized spacial score (nSPS) is 29.0. The molecule has 0 bridgehead atoms. The molecule has 5 N–H and O–H groups in total. The first-order chi connectivity index (χ1) is 9.49. The monoisotopic (exact) mass is 281 g/mol. The summed E-state index contributed by atoms with van der Waals surface area (Å²) >= 11 is 0. The number of nitrogens with zero attached hydrogens (tertiary/aromatic N) is 2. The first-order valence-electron chi connectivity index (χ1n) is 5.93. The van der Waals surface area contributed by atoms with E-state index in [1.54, 1.807) is 6.92 Å². The molecule has 1 aromatic heterocycles. The fourth-order valence-corrected chi connectivity index (χ4v) is 2.00. The molecule has 0 saturated carbocycles. The lowest BCUT2D eigenvalue weighted by Crippen LogP contribution is -2.36. The molecule has 0 aromatic carbocycles. The number of anilines is 1. The molecule has 8 nitrogen and oxygen atoms in total. The van der Waals surface area contributed by atoms with E-state index in [1.165, 1.54) is 6.20 Å². The maximum Gasteiger partial charge on any atom is 0.351 e. The van der Waals surface area contributed by atoms with Crippen LogP contribution in [-0.4, -0.2) is 49.8 Å². The quantitative estimate of drug-likeness (QED) is 0.453. The molecule has 1 aliphatic rings. The summed E-state index contributed by atoms with van der Waals surface area (Å²) in [6, 6.07) is 0. The molecule has 8 heteroatoms. The van der Waals surface area contributed by atoms with Crippen LogP contribution in [0.1, 0.15) is 18.7 Å². The van der Waals surface area contributed by atoms with Gasteiger partial charge in [0.15, 0.2) is 6.23 Å². The van der Waals surface area contributed by atoms with Gasteiger partial charge in [0.1, 0.15) is 24.1 Å². The molecule has 20 heavy (non-hydrogen) atoms. The molecule has 0 spiro atoms. The van der Waals surface area contributed by atoms with Gasteiger partial charge in [-0.1, -0.05) is 5.92 Å². The summed E-state index contributed by atoms with van der Waals surface area (Å²) in [5, 5.41) is 28.6. The highest BCUT2D eigenvalue weighted by Gasteiger charge is 2.43. The van der Waals surface area contributed by atoms with Crippen molar-refractivity contribution in [1.29, 1.82) is 0 Å². The van der Waals surface area contributed by atoms with Crippen LogP contribution in [0.4, 0.5) is 5.82 Å². The van der Waals surface area contributed by atoms with Gasteiger partial charge in [0, 0.05) is 6.20 Å². The van der Waals surface area contributed by atoms with Crippen LogP contribution in [0.25, 0.3) is 0 Å². The van der Waals surface area contributed by atoms with Crippen molar-refractivity contribution in [3.8, 4) is 11.8 Å². The van der Waals surface area contributed by atoms with Crippen molar-refractivity contribution < 1.29 is 20.1 Å². The number of hydrogen-bond acceptors (Lipinski definition) is 7. The fraction of sp³-hybridized carbons (Fsp3) is 0.500. The highest BCUT2D eigenvalue weighted by Crippen LogP contribution is 2.28. The number of ether oxygens (including phenoxy) is 1. The molecule has 2 rings (SSSR count). The van der Waals surface area contributed by atoms with E-state index < -0.39 is 36.8 Å². The zero-order chi connectivity index (χ0) is 14.9. The Morgan fingerprint density at radius 1 is 1.50 bits per heavy atom. The molecule has 0 radical (unpaired) electrons. The second kappa shape index (κ2) is 5.60. The molecule has 108 valence electrons. The lowest BCUT2D eigenvalue weighted by Gasteiger charge is -2.17. The van der Waals surface area contributed by atoms with Gasteiger partial charge >= 0.3 is 5.69 Å². The molecule has 1 aromatic rings. The van der Waals surface area contributed by atoms with Crippen molar-refractivity contribution in [2.24, 2.45) is 0 Å². The summed E-state index contributed by atoms with van der Waals surface area (Å²) in [5.74, 6) is 5.27. The van der Waals surface area contributed by atoms with Crippen LogP contribution in [0.15, 0.2) is 11.0 Å². The minimum Gasteiger partial charge on any atom is -0.394 e. The Bertz CT molecular complexity index is 618. The molecule has 1 fully saturated rings. The molecule has 0 aliphatic carbocycles. The van der Waals surface area contributed by atoms with Crippen molar-refractivity contribution in [3.05, 3.63) is 22.2 Å². The second-order valence-electron chi connectivity index (χ2n) is 4.33. The maximum atomic E-state index is 11.8. The Morgan fingerprint density at radius 3 is 2.75 bits per heavy atom. The Balaban J connectivity index is 2.45. The minimum atomic E-state index is -1.36. The van der Waals surface area contributed by atoms with Crippen molar-refractivity contribution in [3.63, 3.8) is 0 Å². The van der Waals surface area contributed by atoms with Gasteiger partial charge in [-0.15, -0.1) is 5.92 Å². The summed E-state index contributed by atoms with van der Waals surface area (Å²) in [7, 11) is 0. The van der Waals surface area contributed by atoms with Crippen LogP contribution in [-0.2, 0) is 4.74 Å². The highest BCUT2D eigenvalue weighted by atomic mass is 16.6. The number of aliphatic hydroxyl groups is 3. The van der Waals surface area contributed by atoms with E-state index in [1.807, 2.05) is 0 Å². The number of nitrogen functional groups attached to an aromatic ring is 1. The minimum absolute atomic E-state index is 0.0210. The van der Waals surface area contributed by atoms with Crippen LogP contribution < -0.4 is 11.4 Å².